The topological polar surface area (TPSA) is 49.8 Å². The van der Waals surface area contributed by atoms with Crippen molar-refractivity contribution in [3.63, 3.8) is 0 Å². The smallest absolute Gasteiger partial charge is 0.138 e. The predicted molar refractivity (Wildman–Crippen MR) is 87.5 cm³/mol. The van der Waals surface area contributed by atoms with Crippen LogP contribution in [0.4, 0.5) is 11.6 Å². The fourth-order valence-electron chi connectivity index (χ4n) is 1.64. The quantitative estimate of drug-likeness (QED) is 0.790. The Hall–Kier alpha value is -1.32. The highest BCUT2D eigenvalue weighted by molar-refractivity contribution is 5.48. The van der Waals surface area contributed by atoms with Crippen LogP contribution < -0.4 is 10.6 Å². The van der Waals surface area contributed by atoms with E-state index in [9.17, 15) is 0 Å². The van der Waals surface area contributed by atoms with Crippen molar-refractivity contribution >= 4 is 11.6 Å². The molecule has 0 aliphatic rings. The Balaban J connectivity index is 2.91. The van der Waals surface area contributed by atoms with Gasteiger partial charge in [0.25, 0.3) is 0 Å². The Labute approximate surface area is 123 Å². The number of aromatic nitrogens is 2. The molecule has 4 nitrogen and oxygen atoms in total. The van der Waals surface area contributed by atoms with Gasteiger partial charge in [-0.2, -0.15) is 0 Å². The van der Waals surface area contributed by atoms with Crippen molar-refractivity contribution in [1.82, 2.24) is 9.97 Å². The number of hydrogen-bond donors (Lipinski definition) is 2. The molecule has 0 saturated carbocycles. The molecule has 1 heterocycles. The van der Waals surface area contributed by atoms with Crippen LogP contribution in [-0.2, 0) is 5.41 Å². The Morgan fingerprint density at radius 2 is 1.70 bits per heavy atom. The molecule has 0 fully saturated rings. The van der Waals surface area contributed by atoms with E-state index in [-0.39, 0.29) is 5.41 Å². The van der Waals surface area contributed by atoms with Gasteiger partial charge in [0, 0.05) is 24.6 Å². The molecule has 1 atom stereocenters. The van der Waals surface area contributed by atoms with Crippen molar-refractivity contribution < 1.29 is 0 Å². The van der Waals surface area contributed by atoms with E-state index in [1.807, 2.05) is 6.07 Å². The van der Waals surface area contributed by atoms with Gasteiger partial charge in [-0.25, -0.2) is 9.97 Å². The maximum absolute atomic E-state index is 4.66. The van der Waals surface area contributed by atoms with Gasteiger partial charge >= 0.3 is 0 Å². The first-order chi connectivity index (χ1) is 9.36. The molecule has 1 unspecified atom stereocenters. The third-order valence-corrected chi connectivity index (χ3v) is 3.28. The summed E-state index contributed by atoms with van der Waals surface area (Å²) in [4.78, 5) is 9.28. The van der Waals surface area contributed by atoms with Gasteiger partial charge in [-0.15, -0.1) is 0 Å². The van der Waals surface area contributed by atoms with Gasteiger partial charge in [-0.05, 0) is 12.3 Å². The van der Waals surface area contributed by atoms with Crippen molar-refractivity contribution in [2.24, 2.45) is 5.92 Å². The molecule has 0 aromatic carbocycles. The summed E-state index contributed by atoms with van der Waals surface area (Å²) in [5, 5.41) is 6.79. The Morgan fingerprint density at radius 3 is 2.20 bits per heavy atom. The predicted octanol–water partition coefficient (Wildman–Crippen LogP) is 4.05. The molecule has 0 amide bonds. The van der Waals surface area contributed by atoms with Crippen molar-refractivity contribution in [3.8, 4) is 0 Å². The van der Waals surface area contributed by atoms with E-state index in [0.717, 1.165) is 37.0 Å². The highest BCUT2D eigenvalue weighted by Crippen LogP contribution is 2.22. The van der Waals surface area contributed by atoms with Gasteiger partial charge in [0.05, 0.1) is 0 Å². The summed E-state index contributed by atoms with van der Waals surface area (Å²) < 4.78 is 0. The van der Waals surface area contributed by atoms with Crippen LogP contribution in [0.15, 0.2) is 6.07 Å². The Bertz CT molecular complexity index is 409. The van der Waals surface area contributed by atoms with E-state index in [2.05, 4.69) is 62.1 Å². The fraction of sp³-hybridized carbons (Fsp3) is 0.750. The minimum Gasteiger partial charge on any atom is -0.370 e. The van der Waals surface area contributed by atoms with Crippen LogP contribution in [-0.4, -0.2) is 23.1 Å². The molecule has 1 aromatic heterocycles. The van der Waals surface area contributed by atoms with Crippen LogP contribution in [0, 0.1) is 5.92 Å². The minimum absolute atomic E-state index is 0.0449. The molecule has 0 spiro atoms. The molecule has 20 heavy (non-hydrogen) atoms. The lowest BCUT2D eigenvalue weighted by molar-refractivity contribution is 0.545. The van der Waals surface area contributed by atoms with E-state index in [1.54, 1.807) is 0 Å². The number of nitrogens with one attached hydrogen (secondary N) is 2. The summed E-state index contributed by atoms with van der Waals surface area (Å²) in [6.45, 7) is 14.9. The summed E-state index contributed by atoms with van der Waals surface area (Å²) in [6, 6.07) is 2.01. The zero-order valence-electron chi connectivity index (χ0n) is 13.9. The zero-order valence-corrected chi connectivity index (χ0v) is 13.9. The molecule has 0 bridgehead atoms. The lowest BCUT2D eigenvalue weighted by Gasteiger charge is -2.20. The Morgan fingerprint density at radius 1 is 1.10 bits per heavy atom. The molecule has 1 aromatic rings. The first-order valence-corrected chi connectivity index (χ1v) is 7.74. The molecular weight excluding hydrogens is 248 g/mol. The summed E-state index contributed by atoms with van der Waals surface area (Å²) in [5.74, 6) is 3.36. The second-order valence-electron chi connectivity index (χ2n) is 6.53. The van der Waals surface area contributed by atoms with Gasteiger partial charge in [0.15, 0.2) is 0 Å². The SMILES string of the molecule is CCCNc1cc(NCC(C)CC)nc(C(C)(C)C)n1. The van der Waals surface area contributed by atoms with Crippen molar-refractivity contribution in [1.29, 1.82) is 0 Å². The van der Waals surface area contributed by atoms with Gasteiger partial charge in [-0.1, -0.05) is 48.0 Å². The third kappa shape index (κ3) is 5.35. The summed E-state index contributed by atoms with van der Waals surface area (Å²) in [6.07, 6.45) is 2.26. The zero-order chi connectivity index (χ0) is 15.2. The lowest BCUT2D eigenvalue weighted by Crippen LogP contribution is -2.20. The summed E-state index contributed by atoms with van der Waals surface area (Å²) >= 11 is 0. The maximum Gasteiger partial charge on any atom is 0.138 e. The van der Waals surface area contributed by atoms with E-state index in [1.165, 1.54) is 6.42 Å². The van der Waals surface area contributed by atoms with Gasteiger partial charge in [0.1, 0.15) is 17.5 Å². The standard InChI is InChI=1S/C16H30N4/c1-7-9-17-13-10-14(18-11-12(3)8-2)20-15(19-13)16(4,5)6/h10,12H,7-9,11H2,1-6H3,(H2,17,18,19,20). The van der Waals surface area contributed by atoms with Crippen molar-refractivity contribution in [2.45, 2.75) is 59.8 Å². The van der Waals surface area contributed by atoms with E-state index < -0.39 is 0 Å². The first-order valence-electron chi connectivity index (χ1n) is 7.74. The number of hydrogen-bond acceptors (Lipinski definition) is 4. The monoisotopic (exact) mass is 278 g/mol. The fourth-order valence-corrected chi connectivity index (χ4v) is 1.64. The second-order valence-corrected chi connectivity index (χ2v) is 6.53. The molecule has 0 aliphatic heterocycles. The van der Waals surface area contributed by atoms with Crippen LogP contribution in [0.1, 0.15) is 60.2 Å². The molecule has 0 aliphatic carbocycles. The number of nitrogens with zero attached hydrogens (tertiary/aromatic N) is 2. The maximum atomic E-state index is 4.66. The highest BCUT2D eigenvalue weighted by Gasteiger charge is 2.19. The third-order valence-electron chi connectivity index (χ3n) is 3.28. The largest absolute Gasteiger partial charge is 0.370 e. The van der Waals surface area contributed by atoms with E-state index >= 15 is 0 Å². The first kappa shape index (κ1) is 16.7. The van der Waals surface area contributed by atoms with E-state index in [0.29, 0.717) is 5.92 Å². The molecule has 1 rings (SSSR count). The molecule has 4 heteroatoms. The number of anilines is 2. The lowest BCUT2D eigenvalue weighted by atomic mass is 9.96. The van der Waals surface area contributed by atoms with Crippen LogP contribution >= 0.6 is 0 Å². The number of rotatable bonds is 7. The summed E-state index contributed by atoms with van der Waals surface area (Å²) in [5.41, 5.74) is -0.0449. The van der Waals surface area contributed by atoms with Gasteiger partial charge in [0.2, 0.25) is 0 Å². The van der Waals surface area contributed by atoms with Crippen molar-refractivity contribution in [3.05, 3.63) is 11.9 Å². The molecule has 114 valence electrons. The minimum atomic E-state index is -0.0449. The summed E-state index contributed by atoms with van der Waals surface area (Å²) in [7, 11) is 0. The Kier molecular flexibility index (Phi) is 6.24. The second kappa shape index (κ2) is 7.46. The van der Waals surface area contributed by atoms with Gasteiger partial charge < -0.3 is 10.6 Å². The normalized spacial score (nSPS) is 13.1. The molecular formula is C16H30N4. The van der Waals surface area contributed by atoms with Gasteiger partial charge in [-0.3, -0.25) is 0 Å². The molecule has 0 saturated heterocycles. The van der Waals surface area contributed by atoms with Crippen LogP contribution in [0.25, 0.3) is 0 Å². The molecule has 2 N–H and O–H groups in total. The van der Waals surface area contributed by atoms with Crippen LogP contribution in [0.2, 0.25) is 0 Å². The highest BCUT2D eigenvalue weighted by atomic mass is 15.1. The van der Waals surface area contributed by atoms with Crippen LogP contribution in [0.5, 0.6) is 0 Å². The average molecular weight is 278 g/mol. The molecule has 0 radical (unpaired) electrons. The van der Waals surface area contributed by atoms with Crippen molar-refractivity contribution in [2.75, 3.05) is 23.7 Å². The average Bonchev–Trinajstić information content (AvgIpc) is 2.41. The van der Waals surface area contributed by atoms with E-state index in [4.69, 9.17) is 0 Å². The van der Waals surface area contributed by atoms with Crippen LogP contribution in [0.3, 0.4) is 0 Å².